The van der Waals surface area contributed by atoms with Gasteiger partial charge < -0.3 is 15.2 Å². The average molecular weight is 277 g/mol. The maximum atomic E-state index is 12.2. The fraction of sp³-hybridized carbons (Fsp3) is 0.467. The van der Waals surface area contributed by atoms with Crippen LogP contribution in [0.3, 0.4) is 0 Å². The summed E-state index contributed by atoms with van der Waals surface area (Å²) in [5, 5.41) is 11.8. The minimum Gasteiger partial charge on any atom is -0.480 e. The predicted molar refractivity (Wildman–Crippen MR) is 73.3 cm³/mol. The minimum atomic E-state index is -1.00. The molecule has 0 spiro atoms. The van der Waals surface area contributed by atoms with Crippen LogP contribution in [0.15, 0.2) is 18.2 Å². The van der Waals surface area contributed by atoms with Crippen molar-refractivity contribution in [3.63, 3.8) is 0 Å². The summed E-state index contributed by atoms with van der Waals surface area (Å²) in [7, 11) is 0. The molecule has 1 heterocycles. The highest BCUT2D eigenvalue weighted by molar-refractivity contribution is 5.96. The van der Waals surface area contributed by atoms with Crippen molar-refractivity contribution in [1.29, 1.82) is 0 Å². The van der Waals surface area contributed by atoms with E-state index in [9.17, 15) is 14.7 Å². The monoisotopic (exact) mass is 277 g/mol. The van der Waals surface area contributed by atoms with E-state index in [0.29, 0.717) is 25.2 Å². The van der Waals surface area contributed by atoms with Gasteiger partial charge >= 0.3 is 5.97 Å². The zero-order valence-corrected chi connectivity index (χ0v) is 11.7. The highest BCUT2D eigenvalue weighted by Gasteiger charge is 2.26. The van der Waals surface area contributed by atoms with Crippen LogP contribution >= 0.6 is 0 Å². The van der Waals surface area contributed by atoms with Gasteiger partial charge in [-0.15, -0.1) is 0 Å². The highest BCUT2D eigenvalue weighted by atomic mass is 16.5. The molecule has 1 aliphatic rings. The van der Waals surface area contributed by atoms with Crippen LogP contribution in [-0.4, -0.2) is 23.0 Å². The topological polar surface area (TPSA) is 75.6 Å². The number of carbonyl (C=O) groups excluding carboxylic acids is 1. The maximum absolute atomic E-state index is 12.2. The molecule has 5 heteroatoms. The standard InChI is InChI=1S/C15H19NO4/c1-3-9(2)13(15(18)19)16-14(17)10-4-5-11-7-20-8-12(11)6-10/h4-6,9,13H,3,7-8H2,1-2H3,(H,16,17)(H,18,19). The fourth-order valence-corrected chi connectivity index (χ4v) is 2.22. The number of aliphatic carboxylic acids is 1. The largest absolute Gasteiger partial charge is 0.480 e. The van der Waals surface area contributed by atoms with Crippen LogP contribution in [0.5, 0.6) is 0 Å². The molecule has 108 valence electrons. The fourth-order valence-electron chi connectivity index (χ4n) is 2.22. The second-order valence-corrected chi connectivity index (χ2v) is 5.15. The summed E-state index contributed by atoms with van der Waals surface area (Å²) < 4.78 is 5.30. The summed E-state index contributed by atoms with van der Waals surface area (Å²) >= 11 is 0. The molecule has 0 aromatic heterocycles. The molecule has 0 aliphatic carbocycles. The summed E-state index contributed by atoms with van der Waals surface area (Å²) in [4.78, 5) is 23.4. The lowest BCUT2D eigenvalue weighted by Crippen LogP contribution is -2.45. The third kappa shape index (κ3) is 2.99. The number of carboxylic acids is 1. The van der Waals surface area contributed by atoms with Gasteiger partial charge in [0.15, 0.2) is 0 Å². The number of carboxylic acid groups (broad SMARTS) is 1. The molecule has 2 rings (SSSR count). The van der Waals surface area contributed by atoms with Crippen LogP contribution < -0.4 is 5.32 Å². The summed E-state index contributed by atoms with van der Waals surface area (Å²) in [6, 6.07) is 4.47. The van der Waals surface area contributed by atoms with Crippen molar-refractivity contribution in [2.24, 2.45) is 5.92 Å². The van der Waals surface area contributed by atoms with Crippen molar-refractivity contribution in [3.8, 4) is 0 Å². The lowest BCUT2D eigenvalue weighted by Gasteiger charge is -2.20. The number of fused-ring (bicyclic) bond motifs is 1. The second-order valence-electron chi connectivity index (χ2n) is 5.15. The molecule has 0 fully saturated rings. The zero-order valence-electron chi connectivity index (χ0n) is 11.7. The third-order valence-electron chi connectivity index (χ3n) is 3.75. The molecule has 5 nitrogen and oxygen atoms in total. The first-order valence-corrected chi connectivity index (χ1v) is 6.76. The van der Waals surface area contributed by atoms with Crippen LogP contribution in [0.25, 0.3) is 0 Å². The Morgan fingerprint density at radius 1 is 1.35 bits per heavy atom. The average Bonchev–Trinajstić information content (AvgIpc) is 2.90. The molecule has 1 aromatic carbocycles. The van der Waals surface area contributed by atoms with E-state index >= 15 is 0 Å². The van der Waals surface area contributed by atoms with E-state index in [1.54, 1.807) is 12.1 Å². The van der Waals surface area contributed by atoms with Crippen LogP contribution in [0.1, 0.15) is 41.8 Å². The molecule has 1 aliphatic heterocycles. The van der Waals surface area contributed by atoms with Gasteiger partial charge in [0, 0.05) is 5.56 Å². The van der Waals surface area contributed by atoms with E-state index < -0.39 is 12.0 Å². The van der Waals surface area contributed by atoms with Gasteiger partial charge in [0.2, 0.25) is 0 Å². The van der Waals surface area contributed by atoms with E-state index in [1.165, 1.54) is 0 Å². The molecule has 20 heavy (non-hydrogen) atoms. The molecular weight excluding hydrogens is 258 g/mol. The Bertz CT molecular complexity index is 527. The SMILES string of the molecule is CCC(C)C(NC(=O)c1ccc2c(c1)COC2)C(=O)O. The minimum absolute atomic E-state index is 0.116. The van der Waals surface area contributed by atoms with E-state index in [1.807, 2.05) is 19.9 Å². The number of benzene rings is 1. The summed E-state index contributed by atoms with van der Waals surface area (Å²) in [6.07, 6.45) is 0.690. The van der Waals surface area contributed by atoms with Crippen molar-refractivity contribution < 1.29 is 19.4 Å². The lowest BCUT2D eigenvalue weighted by atomic mass is 9.98. The number of ether oxygens (including phenoxy) is 1. The van der Waals surface area contributed by atoms with Gasteiger partial charge in [-0.05, 0) is 29.2 Å². The van der Waals surface area contributed by atoms with Crippen molar-refractivity contribution in [2.75, 3.05) is 0 Å². The zero-order chi connectivity index (χ0) is 14.7. The number of hydrogen-bond donors (Lipinski definition) is 2. The molecular formula is C15H19NO4. The van der Waals surface area contributed by atoms with E-state index in [2.05, 4.69) is 5.32 Å². The molecule has 1 aromatic rings. The van der Waals surface area contributed by atoms with Crippen molar-refractivity contribution in [1.82, 2.24) is 5.32 Å². The van der Waals surface area contributed by atoms with E-state index in [-0.39, 0.29) is 11.8 Å². The third-order valence-corrected chi connectivity index (χ3v) is 3.75. The Morgan fingerprint density at radius 2 is 2.05 bits per heavy atom. The number of nitrogens with one attached hydrogen (secondary N) is 1. The Kier molecular flexibility index (Phi) is 4.39. The molecule has 1 amide bonds. The summed E-state index contributed by atoms with van der Waals surface area (Å²) in [5.74, 6) is -1.47. The van der Waals surface area contributed by atoms with E-state index in [0.717, 1.165) is 11.1 Å². The molecule has 0 radical (unpaired) electrons. The first-order chi connectivity index (χ1) is 9.52. The Morgan fingerprint density at radius 3 is 2.70 bits per heavy atom. The van der Waals surface area contributed by atoms with Gasteiger partial charge in [0.1, 0.15) is 6.04 Å². The maximum Gasteiger partial charge on any atom is 0.326 e. The van der Waals surface area contributed by atoms with Gasteiger partial charge in [0.25, 0.3) is 5.91 Å². The molecule has 0 saturated heterocycles. The molecule has 2 atom stereocenters. The van der Waals surface area contributed by atoms with Crippen LogP contribution in [0, 0.1) is 5.92 Å². The predicted octanol–water partition coefficient (Wildman–Crippen LogP) is 1.95. The highest BCUT2D eigenvalue weighted by Crippen LogP contribution is 2.21. The quantitative estimate of drug-likeness (QED) is 0.862. The Labute approximate surface area is 117 Å². The van der Waals surface area contributed by atoms with Crippen LogP contribution in [0.4, 0.5) is 0 Å². The van der Waals surface area contributed by atoms with Crippen molar-refractivity contribution in [2.45, 2.75) is 39.5 Å². The Hall–Kier alpha value is -1.88. The molecule has 0 saturated carbocycles. The summed E-state index contributed by atoms with van der Waals surface area (Å²) in [5.41, 5.74) is 2.55. The van der Waals surface area contributed by atoms with Gasteiger partial charge in [-0.2, -0.15) is 0 Å². The first-order valence-electron chi connectivity index (χ1n) is 6.76. The van der Waals surface area contributed by atoms with Gasteiger partial charge in [-0.25, -0.2) is 4.79 Å². The number of hydrogen-bond acceptors (Lipinski definition) is 3. The smallest absolute Gasteiger partial charge is 0.326 e. The van der Waals surface area contributed by atoms with Crippen molar-refractivity contribution in [3.05, 3.63) is 34.9 Å². The van der Waals surface area contributed by atoms with Crippen LogP contribution in [-0.2, 0) is 22.7 Å². The van der Waals surface area contributed by atoms with Crippen molar-refractivity contribution >= 4 is 11.9 Å². The Balaban J connectivity index is 2.12. The normalized spacial score (nSPS) is 16.3. The first kappa shape index (κ1) is 14.5. The second kappa shape index (κ2) is 6.05. The number of carbonyl (C=O) groups is 2. The molecule has 0 bridgehead atoms. The summed E-state index contributed by atoms with van der Waals surface area (Å²) in [6.45, 7) is 4.79. The molecule has 2 N–H and O–H groups in total. The lowest BCUT2D eigenvalue weighted by molar-refractivity contribution is -0.140. The van der Waals surface area contributed by atoms with Gasteiger partial charge in [-0.1, -0.05) is 26.3 Å². The van der Waals surface area contributed by atoms with Gasteiger partial charge in [-0.3, -0.25) is 4.79 Å². The van der Waals surface area contributed by atoms with Gasteiger partial charge in [0.05, 0.1) is 13.2 Å². The number of amides is 1. The number of rotatable bonds is 5. The van der Waals surface area contributed by atoms with Crippen LogP contribution in [0.2, 0.25) is 0 Å². The molecule has 2 unspecified atom stereocenters. The van der Waals surface area contributed by atoms with E-state index in [4.69, 9.17) is 4.74 Å².